The van der Waals surface area contributed by atoms with Gasteiger partial charge in [0.05, 0.1) is 0 Å². The van der Waals surface area contributed by atoms with E-state index in [2.05, 4.69) is 30.8 Å². The summed E-state index contributed by atoms with van der Waals surface area (Å²) in [7, 11) is 4.37. The van der Waals surface area contributed by atoms with E-state index in [1.165, 1.54) is 25.9 Å². The van der Waals surface area contributed by atoms with Gasteiger partial charge in [-0.1, -0.05) is 6.92 Å². The highest BCUT2D eigenvalue weighted by Gasteiger charge is 2.30. The van der Waals surface area contributed by atoms with Gasteiger partial charge in [0, 0.05) is 11.3 Å². The molecule has 0 unspecified atom stereocenters. The molecule has 0 aromatic rings. The number of piperidine rings is 1. The van der Waals surface area contributed by atoms with Crippen molar-refractivity contribution in [3.8, 4) is 0 Å². The predicted octanol–water partition coefficient (Wildman–Crippen LogP) is 1.33. The highest BCUT2D eigenvalue weighted by atomic mass is 32.1. The van der Waals surface area contributed by atoms with Gasteiger partial charge in [0.15, 0.2) is 0 Å². The lowest BCUT2D eigenvalue weighted by Crippen LogP contribution is -2.45. The molecule has 13 heavy (non-hydrogen) atoms. The number of thiol groups is 1. The summed E-state index contributed by atoms with van der Waals surface area (Å²) in [6.07, 6.45) is 2.44. The van der Waals surface area contributed by atoms with E-state index in [-0.39, 0.29) is 4.75 Å². The first-order chi connectivity index (χ1) is 6.06. The summed E-state index contributed by atoms with van der Waals surface area (Å²) >= 11 is 4.82. The van der Waals surface area contributed by atoms with E-state index in [0.717, 1.165) is 13.1 Å². The molecule has 2 nitrogen and oxygen atoms in total. The van der Waals surface area contributed by atoms with Crippen LogP contribution in [0.3, 0.4) is 0 Å². The fourth-order valence-electron chi connectivity index (χ4n) is 1.81. The van der Waals surface area contributed by atoms with Crippen LogP contribution in [0.1, 0.15) is 19.8 Å². The first-order valence-electron chi connectivity index (χ1n) is 5.15. The van der Waals surface area contributed by atoms with Crippen molar-refractivity contribution < 1.29 is 0 Å². The van der Waals surface area contributed by atoms with Crippen molar-refractivity contribution in [1.82, 2.24) is 9.80 Å². The molecule has 0 aromatic carbocycles. The lowest BCUT2D eigenvalue weighted by molar-refractivity contribution is 0.202. The summed E-state index contributed by atoms with van der Waals surface area (Å²) in [4.78, 5) is 4.75. The van der Waals surface area contributed by atoms with Crippen LogP contribution in [0, 0.1) is 0 Å². The Balaban J connectivity index is 2.38. The lowest BCUT2D eigenvalue weighted by atomic mass is 9.95. The molecule has 0 atom stereocenters. The fraction of sp³-hybridized carbons (Fsp3) is 1.00. The van der Waals surface area contributed by atoms with Crippen molar-refractivity contribution in [3.05, 3.63) is 0 Å². The number of rotatable bonds is 3. The molecule has 0 spiro atoms. The molecule has 0 saturated carbocycles. The van der Waals surface area contributed by atoms with E-state index in [9.17, 15) is 0 Å². The van der Waals surface area contributed by atoms with E-state index in [4.69, 9.17) is 12.6 Å². The van der Waals surface area contributed by atoms with Gasteiger partial charge in [-0.25, -0.2) is 0 Å². The van der Waals surface area contributed by atoms with Crippen LogP contribution < -0.4 is 0 Å². The van der Waals surface area contributed by atoms with Crippen molar-refractivity contribution in [2.75, 3.05) is 40.3 Å². The number of hydrogen-bond donors (Lipinski definition) is 1. The van der Waals surface area contributed by atoms with Crippen molar-refractivity contribution in [3.63, 3.8) is 0 Å². The number of hydrogen-bond acceptors (Lipinski definition) is 3. The Labute approximate surface area is 87.7 Å². The maximum absolute atomic E-state index is 4.82. The largest absolute Gasteiger partial charge is 0.306 e. The topological polar surface area (TPSA) is 6.48 Å². The summed E-state index contributed by atoms with van der Waals surface area (Å²) < 4.78 is 0.261. The highest BCUT2D eigenvalue weighted by Crippen LogP contribution is 2.28. The molecular formula is C10H22N2S. The summed E-state index contributed by atoms with van der Waals surface area (Å²) in [5.41, 5.74) is 0. The van der Waals surface area contributed by atoms with E-state index in [1.54, 1.807) is 0 Å². The zero-order valence-corrected chi connectivity index (χ0v) is 9.98. The number of likely N-dealkylation sites (tertiary alicyclic amines) is 1. The molecule has 78 valence electrons. The van der Waals surface area contributed by atoms with Crippen LogP contribution in [-0.4, -0.2) is 54.8 Å². The van der Waals surface area contributed by atoms with Crippen LogP contribution in [0.15, 0.2) is 0 Å². The van der Waals surface area contributed by atoms with Gasteiger partial charge in [-0.05, 0) is 46.6 Å². The molecule has 1 aliphatic heterocycles. The second-order valence-corrected chi connectivity index (χ2v) is 5.31. The molecule has 0 N–H and O–H groups in total. The minimum Gasteiger partial charge on any atom is -0.306 e. The molecule has 0 aliphatic carbocycles. The molecule has 1 heterocycles. The molecule has 0 amide bonds. The van der Waals surface area contributed by atoms with Gasteiger partial charge in [0.25, 0.3) is 0 Å². The third kappa shape index (κ3) is 3.49. The van der Waals surface area contributed by atoms with Crippen LogP contribution in [0.2, 0.25) is 0 Å². The van der Waals surface area contributed by atoms with Crippen molar-refractivity contribution in [1.29, 1.82) is 0 Å². The summed E-state index contributed by atoms with van der Waals surface area (Å²) in [6, 6.07) is 0. The molecule has 1 fully saturated rings. The summed E-state index contributed by atoms with van der Waals surface area (Å²) in [5, 5.41) is 0. The molecule has 0 aromatic heterocycles. The molecule has 1 rings (SSSR count). The van der Waals surface area contributed by atoms with Gasteiger partial charge in [0.1, 0.15) is 0 Å². The van der Waals surface area contributed by atoms with Gasteiger partial charge >= 0.3 is 0 Å². The van der Waals surface area contributed by atoms with Crippen LogP contribution >= 0.6 is 12.6 Å². The molecule has 1 saturated heterocycles. The second kappa shape index (κ2) is 4.67. The first-order valence-corrected chi connectivity index (χ1v) is 5.60. The Bertz CT molecular complexity index is 153. The van der Waals surface area contributed by atoms with Gasteiger partial charge in [-0.15, -0.1) is 0 Å². The van der Waals surface area contributed by atoms with Gasteiger partial charge in [-0.3, -0.25) is 0 Å². The lowest BCUT2D eigenvalue weighted by Gasteiger charge is -2.39. The van der Waals surface area contributed by atoms with E-state index in [1.807, 2.05) is 0 Å². The van der Waals surface area contributed by atoms with Crippen molar-refractivity contribution in [2.45, 2.75) is 24.5 Å². The maximum atomic E-state index is 4.82. The SMILES string of the molecule is CCN(C)CC1(S)CCN(C)CC1. The van der Waals surface area contributed by atoms with Crippen LogP contribution in [-0.2, 0) is 0 Å². The monoisotopic (exact) mass is 202 g/mol. The predicted molar refractivity (Wildman–Crippen MR) is 61.6 cm³/mol. The standard InChI is InChI=1S/C10H22N2S/c1-4-11(2)9-10(13)5-7-12(3)8-6-10/h13H,4-9H2,1-3H3. The van der Waals surface area contributed by atoms with E-state index in [0.29, 0.717) is 0 Å². The van der Waals surface area contributed by atoms with Gasteiger partial charge < -0.3 is 9.80 Å². The Morgan fingerprint density at radius 2 is 1.92 bits per heavy atom. The van der Waals surface area contributed by atoms with Crippen LogP contribution in [0.25, 0.3) is 0 Å². The smallest absolute Gasteiger partial charge is 0.0281 e. The zero-order chi connectivity index (χ0) is 9.90. The fourth-order valence-corrected chi connectivity index (χ4v) is 2.25. The highest BCUT2D eigenvalue weighted by molar-refractivity contribution is 7.81. The maximum Gasteiger partial charge on any atom is 0.0281 e. The minimum absolute atomic E-state index is 0.261. The third-order valence-electron chi connectivity index (χ3n) is 3.02. The van der Waals surface area contributed by atoms with Gasteiger partial charge in [0.2, 0.25) is 0 Å². The molecule has 1 aliphatic rings. The molecular weight excluding hydrogens is 180 g/mol. The quantitative estimate of drug-likeness (QED) is 0.690. The van der Waals surface area contributed by atoms with E-state index >= 15 is 0 Å². The third-order valence-corrected chi connectivity index (χ3v) is 3.61. The Hall–Kier alpha value is 0.270. The zero-order valence-electron chi connectivity index (χ0n) is 9.08. The minimum atomic E-state index is 0.261. The van der Waals surface area contributed by atoms with Gasteiger partial charge in [-0.2, -0.15) is 12.6 Å². The van der Waals surface area contributed by atoms with E-state index < -0.39 is 0 Å². The Morgan fingerprint density at radius 1 is 1.38 bits per heavy atom. The van der Waals surface area contributed by atoms with Crippen molar-refractivity contribution in [2.24, 2.45) is 0 Å². The summed E-state index contributed by atoms with van der Waals surface area (Å²) in [6.45, 7) is 6.84. The molecule has 3 heteroatoms. The average Bonchev–Trinajstić information content (AvgIpc) is 2.10. The average molecular weight is 202 g/mol. The van der Waals surface area contributed by atoms with Crippen LogP contribution in [0.5, 0.6) is 0 Å². The number of nitrogens with zero attached hydrogens (tertiary/aromatic N) is 2. The Kier molecular flexibility index (Phi) is 4.07. The van der Waals surface area contributed by atoms with Crippen LogP contribution in [0.4, 0.5) is 0 Å². The Morgan fingerprint density at radius 3 is 2.38 bits per heavy atom. The summed E-state index contributed by atoms with van der Waals surface area (Å²) in [5.74, 6) is 0. The normalized spacial score (nSPS) is 23.8. The second-order valence-electron chi connectivity index (χ2n) is 4.36. The molecule has 0 bridgehead atoms. The van der Waals surface area contributed by atoms with Crippen molar-refractivity contribution >= 4 is 12.6 Å². The first kappa shape index (κ1) is 11.3. The molecule has 0 radical (unpaired) electrons.